The summed E-state index contributed by atoms with van der Waals surface area (Å²) in [5, 5.41) is 9.60. The van der Waals surface area contributed by atoms with Crippen LogP contribution in [0.1, 0.15) is 23.2 Å². The summed E-state index contributed by atoms with van der Waals surface area (Å²) in [7, 11) is 0. The lowest BCUT2D eigenvalue weighted by Crippen LogP contribution is -2.38. The Balaban J connectivity index is 0.00000312. The molecule has 0 aliphatic carbocycles. The van der Waals surface area contributed by atoms with E-state index in [1.54, 1.807) is 17.4 Å². The number of nitrogens with one attached hydrogen (secondary N) is 2. The molecule has 0 atom stereocenters. The number of aliphatic imine (C=N–C) groups is 1. The van der Waals surface area contributed by atoms with Gasteiger partial charge in [-0.1, -0.05) is 15.9 Å². The average Bonchev–Trinajstić information content (AvgIpc) is 2.96. The van der Waals surface area contributed by atoms with Gasteiger partial charge in [-0.3, -0.25) is 4.99 Å². The van der Waals surface area contributed by atoms with Gasteiger partial charge in [-0.2, -0.15) is 0 Å². The van der Waals surface area contributed by atoms with Crippen molar-refractivity contribution in [3.8, 4) is 0 Å². The first-order chi connectivity index (χ1) is 11.6. The molecule has 2 rings (SSSR count). The third-order valence-corrected chi connectivity index (χ3v) is 4.66. The van der Waals surface area contributed by atoms with Crippen LogP contribution in [0.25, 0.3) is 0 Å². The molecule has 4 nitrogen and oxygen atoms in total. The van der Waals surface area contributed by atoms with Gasteiger partial charge >= 0.3 is 0 Å². The van der Waals surface area contributed by atoms with E-state index in [0.717, 1.165) is 34.1 Å². The molecule has 0 saturated carbocycles. The highest BCUT2D eigenvalue weighted by Gasteiger charge is 2.04. The van der Waals surface area contributed by atoms with E-state index in [4.69, 9.17) is 0 Å². The maximum absolute atomic E-state index is 13.7. The Morgan fingerprint density at radius 2 is 2.12 bits per heavy atom. The summed E-state index contributed by atoms with van der Waals surface area (Å²) in [6.07, 6.45) is 1.42. The fourth-order valence-corrected chi connectivity index (χ4v) is 3.25. The molecule has 1 heterocycles. The minimum Gasteiger partial charge on any atom is -0.357 e. The smallest absolute Gasteiger partial charge is 0.191 e. The van der Waals surface area contributed by atoms with Crippen LogP contribution in [0.4, 0.5) is 4.39 Å². The molecule has 1 aromatic heterocycles. The highest BCUT2D eigenvalue weighted by Crippen LogP contribution is 2.15. The second-order valence-corrected chi connectivity index (χ2v) is 7.26. The minimum absolute atomic E-state index is 0. The number of thiazole rings is 1. The largest absolute Gasteiger partial charge is 0.357 e. The van der Waals surface area contributed by atoms with E-state index in [2.05, 4.69) is 41.9 Å². The fraction of sp³-hybridized carbons (Fsp3) is 0.412. The molecule has 0 saturated heterocycles. The molecule has 25 heavy (non-hydrogen) atoms. The molecular weight excluding hydrogens is 518 g/mol. The number of guanidine groups is 1. The van der Waals surface area contributed by atoms with Gasteiger partial charge in [0.25, 0.3) is 0 Å². The summed E-state index contributed by atoms with van der Waals surface area (Å²) in [4.78, 5) is 8.98. The second kappa shape index (κ2) is 11.8. The molecule has 0 aliphatic heterocycles. The molecule has 1 aromatic carbocycles. The quantitative estimate of drug-likeness (QED) is 0.312. The summed E-state index contributed by atoms with van der Waals surface area (Å²) in [5.41, 5.74) is 1.76. The van der Waals surface area contributed by atoms with Crippen molar-refractivity contribution in [1.82, 2.24) is 15.6 Å². The van der Waals surface area contributed by atoms with Gasteiger partial charge in [0.1, 0.15) is 5.82 Å². The van der Waals surface area contributed by atoms with Gasteiger partial charge in [-0.05, 0) is 44.0 Å². The van der Waals surface area contributed by atoms with Gasteiger partial charge in [-0.25, -0.2) is 9.37 Å². The monoisotopic (exact) mass is 540 g/mol. The SMILES string of the molecule is CCNC(=NCCc1csc(C)n1)NCCc1cc(Br)ccc1F.I. The molecule has 0 bridgehead atoms. The topological polar surface area (TPSA) is 49.3 Å². The highest BCUT2D eigenvalue weighted by molar-refractivity contribution is 14.0. The van der Waals surface area contributed by atoms with Crippen LogP contribution in [-0.2, 0) is 12.8 Å². The fourth-order valence-electron chi connectivity index (χ4n) is 2.20. The van der Waals surface area contributed by atoms with Crippen molar-refractivity contribution in [3.63, 3.8) is 0 Å². The summed E-state index contributed by atoms with van der Waals surface area (Å²) in [5.74, 6) is 0.570. The maximum Gasteiger partial charge on any atom is 0.191 e. The van der Waals surface area contributed by atoms with Crippen molar-refractivity contribution < 1.29 is 4.39 Å². The number of aryl methyl sites for hydroxylation is 1. The zero-order valence-electron chi connectivity index (χ0n) is 14.3. The van der Waals surface area contributed by atoms with Gasteiger partial charge in [-0.15, -0.1) is 35.3 Å². The minimum atomic E-state index is -0.180. The van der Waals surface area contributed by atoms with Crippen LogP contribution in [0.5, 0.6) is 0 Å². The molecular formula is C17H23BrFIN4S. The first kappa shape index (κ1) is 22.3. The van der Waals surface area contributed by atoms with Gasteiger partial charge in [0.2, 0.25) is 0 Å². The molecule has 2 N–H and O–H groups in total. The van der Waals surface area contributed by atoms with Crippen molar-refractivity contribution in [2.75, 3.05) is 19.6 Å². The Morgan fingerprint density at radius 3 is 2.80 bits per heavy atom. The Bertz CT molecular complexity index is 693. The zero-order valence-corrected chi connectivity index (χ0v) is 19.0. The first-order valence-electron chi connectivity index (χ1n) is 7.95. The van der Waals surface area contributed by atoms with Gasteiger partial charge in [0.05, 0.1) is 10.7 Å². The van der Waals surface area contributed by atoms with E-state index in [9.17, 15) is 4.39 Å². The summed E-state index contributed by atoms with van der Waals surface area (Å²) in [6, 6.07) is 5.00. The standard InChI is InChI=1S/C17H22BrFN4S.HI/c1-3-20-17(22-9-7-15-11-24-12(2)23-15)21-8-6-13-10-14(18)4-5-16(13)19;/h4-5,10-11H,3,6-9H2,1-2H3,(H2,20,21,22);1H. The third kappa shape index (κ3) is 8.00. The lowest BCUT2D eigenvalue weighted by Gasteiger charge is -2.11. The number of nitrogens with zero attached hydrogens (tertiary/aromatic N) is 2. The van der Waals surface area contributed by atoms with E-state index in [1.807, 2.05) is 19.9 Å². The van der Waals surface area contributed by atoms with E-state index in [1.165, 1.54) is 6.07 Å². The normalized spacial score (nSPS) is 11.1. The molecule has 138 valence electrons. The van der Waals surface area contributed by atoms with Gasteiger partial charge in [0.15, 0.2) is 5.96 Å². The van der Waals surface area contributed by atoms with Crippen LogP contribution in [0.15, 0.2) is 33.0 Å². The molecule has 0 radical (unpaired) electrons. The Labute approximate surface area is 177 Å². The Kier molecular flexibility index (Phi) is 10.5. The molecule has 0 amide bonds. The van der Waals surface area contributed by atoms with Crippen LogP contribution < -0.4 is 10.6 Å². The second-order valence-electron chi connectivity index (χ2n) is 5.28. The number of aromatic nitrogens is 1. The number of benzene rings is 1. The van der Waals surface area contributed by atoms with Crippen molar-refractivity contribution in [3.05, 3.63) is 50.1 Å². The zero-order chi connectivity index (χ0) is 17.4. The molecule has 8 heteroatoms. The number of rotatable bonds is 7. The lowest BCUT2D eigenvalue weighted by atomic mass is 10.1. The third-order valence-electron chi connectivity index (χ3n) is 3.34. The van der Waals surface area contributed by atoms with Crippen LogP contribution >= 0.6 is 51.2 Å². The molecule has 0 aliphatic rings. The molecule has 0 unspecified atom stereocenters. The lowest BCUT2D eigenvalue weighted by molar-refractivity contribution is 0.606. The number of hydrogen-bond donors (Lipinski definition) is 2. The van der Waals surface area contributed by atoms with Crippen LogP contribution in [0.3, 0.4) is 0 Å². The van der Waals surface area contributed by atoms with Crippen molar-refractivity contribution in [2.45, 2.75) is 26.7 Å². The van der Waals surface area contributed by atoms with E-state index < -0.39 is 0 Å². The van der Waals surface area contributed by atoms with Crippen LogP contribution in [-0.4, -0.2) is 30.6 Å². The van der Waals surface area contributed by atoms with Crippen LogP contribution in [0.2, 0.25) is 0 Å². The molecule has 0 fully saturated rings. The Hall–Kier alpha value is -0.740. The summed E-state index contributed by atoms with van der Waals surface area (Å²) in [6.45, 7) is 6.10. The summed E-state index contributed by atoms with van der Waals surface area (Å²) < 4.78 is 14.6. The van der Waals surface area contributed by atoms with Gasteiger partial charge < -0.3 is 10.6 Å². The van der Waals surface area contributed by atoms with Crippen molar-refractivity contribution >= 4 is 57.2 Å². The summed E-state index contributed by atoms with van der Waals surface area (Å²) >= 11 is 5.03. The van der Waals surface area contributed by atoms with E-state index in [0.29, 0.717) is 25.1 Å². The van der Waals surface area contributed by atoms with E-state index in [-0.39, 0.29) is 29.8 Å². The van der Waals surface area contributed by atoms with Crippen molar-refractivity contribution in [1.29, 1.82) is 0 Å². The molecule has 0 spiro atoms. The highest BCUT2D eigenvalue weighted by atomic mass is 127. The number of halogens is 3. The number of hydrogen-bond acceptors (Lipinski definition) is 3. The molecule has 2 aromatic rings. The predicted octanol–water partition coefficient (Wildman–Crippen LogP) is 4.31. The van der Waals surface area contributed by atoms with Crippen LogP contribution in [0, 0.1) is 12.7 Å². The van der Waals surface area contributed by atoms with Crippen molar-refractivity contribution in [2.24, 2.45) is 4.99 Å². The Morgan fingerprint density at radius 1 is 1.32 bits per heavy atom. The van der Waals surface area contributed by atoms with Gasteiger partial charge in [0, 0.05) is 35.9 Å². The maximum atomic E-state index is 13.7. The van der Waals surface area contributed by atoms with E-state index >= 15 is 0 Å². The first-order valence-corrected chi connectivity index (χ1v) is 9.63. The average molecular weight is 541 g/mol. The predicted molar refractivity (Wildman–Crippen MR) is 118 cm³/mol.